The van der Waals surface area contributed by atoms with E-state index in [0.717, 1.165) is 24.1 Å². The smallest absolute Gasteiger partial charge is 0.310 e. The third-order valence-electron chi connectivity index (χ3n) is 3.19. The van der Waals surface area contributed by atoms with Crippen LogP contribution >= 0.6 is 11.6 Å². The van der Waals surface area contributed by atoms with E-state index in [1.165, 1.54) is 0 Å². The molecule has 1 aromatic rings. The first kappa shape index (κ1) is 17.3. The molecule has 1 unspecified atom stereocenters. The molecule has 0 aromatic heterocycles. The second-order valence-electron chi connectivity index (χ2n) is 5.02. The normalized spacial score (nSPS) is 13.5. The summed E-state index contributed by atoms with van der Waals surface area (Å²) < 4.78 is 36.7. The lowest BCUT2D eigenvalue weighted by Crippen LogP contribution is -2.22. The van der Waals surface area contributed by atoms with Crippen molar-refractivity contribution in [1.82, 2.24) is 5.32 Å². The van der Waals surface area contributed by atoms with E-state index in [9.17, 15) is 13.2 Å². The highest BCUT2D eigenvalue weighted by molar-refractivity contribution is 6.31. The van der Waals surface area contributed by atoms with Gasteiger partial charge in [0.25, 0.3) is 0 Å². The lowest BCUT2D eigenvalue weighted by Gasteiger charge is -2.20. The van der Waals surface area contributed by atoms with Crippen molar-refractivity contribution in [3.05, 3.63) is 34.3 Å². The summed E-state index contributed by atoms with van der Waals surface area (Å²) in [4.78, 5) is 0. The molecule has 0 heterocycles. The standard InChI is InChI=1S/C15H21ClF3N/c1-3-9-20-14(5-4-8-15(17,18)19)12-7-6-11(2)13(16)10-12/h6-7,10,14,20H,3-5,8-9H2,1-2H3. The molecule has 0 aliphatic heterocycles. The van der Waals surface area contributed by atoms with E-state index in [4.69, 9.17) is 11.6 Å². The van der Waals surface area contributed by atoms with Crippen molar-refractivity contribution in [3.63, 3.8) is 0 Å². The molecule has 0 fully saturated rings. The zero-order valence-electron chi connectivity index (χ0n) is 11.9. The molecule has 0 spiro atoms. The van der Waals surface area contributed by atoms with E-state index in [1.54, 1.807) is 0 Å². The fourth-order valence-electron chi connectivity index (χ4n) is 2.04. The number of alkyl halides is 3. The van der Waals surface area contributed by atoms with Gasteiger partial charge in [-0.2, -0.15) is 13.2 Å². The van der Waals surface area contributed by atoms with Crippen LogP contribution in [0.5, 0.6) is 0 Å². The monoisotopic (exact) mass is 307 g/mol. The third-order valence-corrected chi connectivity index (χ3v) is 3.60. The van der Waals surface area contributed by atoms with Crippen LogP contribution in [-0.4, -0.2) is 12.7 Å². The lowest BCUT2D eigenvalue weighted by molar-refractivity contribution is -0.135. The molecule has 0 radical (unpaired) electrons. The molecule has 1 nitrogen and oxygen atoms in total. The molecule has 5 heteroatoms. The minimum Gasteiger partial charge on any atom is -0.310 e. The Morgan fingerprint density at radius 3 is 2.55 bits per heavy atom. The lowest BCUT2D eigenvalue weighted by atomic mass is 9.99. The van der Waals surface area contributed by atoms with Gasteiger partial charge >= 0.3 is 6.18 Å². The first-order chi connectivity index (χ1) is 9.33. The van der Waals surface area contributed by atoms with Gasteiger partial charge in [-0.1, -0.05) is 30.7 Å². The minimum absolute atomic E-state index is 0.0737. The number of halogens is 4. The van der Waals surface area contributed by atoms with Gasteiger partial charge in [0, 0.05) is 17.5 Å². The summed E-state index contributed by atoms with van der Waals surface area (Å²) in [6.07, 6.45) is -3.30. The molecule has 114 valence electrons. The van der Waals surface area contributed by atoms with Crippen molar-refractivity contribution in [2.75, 3.05) is 6.54 Å². The summed E-state index contributed by atoms with van der Waals surface area (Å²) in [7, 11) is 0. The highest BCUT2D eigenvalue weighted by Gasteiger charge is 2.26. The summed E-state index contributed by atoms with van der Waals surface area (Å²) in [5, 5.41) is 3.95. The van der Waals surface area contributed by atoms with Gasteiger partial charge in [0.15, 0.2) is 0 Å². The molecule has 1 N–H and O–H groups in total. The minimum atomic E-state index is -4.08. The van der Waals surface area contributed by atoms with Crippen molar-refractivity contribution >= 4 is 11.6 Å². The molecule has 1 atom stereocenters. The quantitative estimate of drug-likeness (QED) is 0.709. The van der Waals surface area contributed by atoms with Crippen molar-refractivity contribution in [3.8, 4) is 0 Å². The van der Waals surface area contributed by atoms with Gasteiger partial charge in [-0.05, 0) is 49.9 Å². The molecule has 0 aliphatic carbocycles. The predicted octanol–water partition coefficient (Wildman–Crippen LogP) is 5.42. The third kappa shape index (κ3) is 6.14. The van der Waals surface area contributed by atoms with Crippen LogP contribution in [0.25, 0.3) is 0 Å². The van der Waals surface area contributed by atoms with Crippen LogP contribution in [0.15, 0.2) is 18.2 Å². The predicted molar refractivity (Wildman–Crippen MR) is 77.1 cm³/mol. The van der Waals surface area contributed by atoms with E-state index in [0.29, 0.717) is 11.4 Å². The Hall–Kier alpha value is -0.740. The molecule has 20 heavy (non-hydrogen) atoms. The van der Waals surface area contributed by atoms with Gasteiger partial charge in [0.2, 0.25) is 0 Å². The molecule has 0 aliphatic rings. The van der Waals surface area contributed by atoms with Crippen LogP contribution in [0.4, 0.5) is 13.2 Å². The second kappa shape index (κ2) is 7.89. The molecular weight excluding hydrogens is 287 g/mol. The average Bonchev–Trinajstić information content (AvgIpc) is 2.35. The van der Waals surface area contributed by atoms with Gasteiger partial charge < -0.3 is 5.32 Å². The number of rotatable bonds is 7. The van der Waals surface area contributed by atoms with E-state index in [1.807, 2.05) is 32.0 Å². The van der Waals surface area contributed by atoms with Crippen molar-refractivity contribution < 1.29 is 13.2 Å². The zero-order valence-corrected chi connectivity index (χ0v) is 12.6. The molecule has 1 aromatic carbocycles. The summed E-state index contributed by atoms with van der Waals surface area (Å²) in [5.41, 5.74) is 1.93. The van der Waals surface area contributed by atoms with Crippen LogP contribution in [0.2, 0.25) is 5.02 Å². The Bertz CT molecular complexity index is 418. The number of nitrogens with one attached hydrogen (secondary N) is 1. The maximum Gasteiger partial charge on any atom is 0.389 e. The van der Waals surface area contributed by atoms with Crippen molar-refractivity contribution in [1.29, 1.82) is 0 Å². The van der Waals surface area contributed by atoms with Crippen molar-refractivity contribution in [2.24, 2.45) is 0 Å². The van der Waals surface area contributed by atoms with Crippen LogP contribution < -0.4 is 5.32 Å². The highest BCUT2D eigenvalue weighted by Crippen LogP contribution is 2.28. The highest BCUT2D eigenvalue weighted by atomic mass is 35.5. The Labute approximate surface area is 123 Å². The van der Waals surface area contributed by atoms with Crippen LogP contribution in [0.3, 0.4) is 0 Å². The van der Waals surface area contributed by atoms with Gasteiger partial charge in [-0.3, -0.25) is 0 Å². The van der Waals surface area contributed by atoms with Crippen molar-refractivity contribution in [2.45, 2.75) is 51.7 Å². The van der Waals surface area contributed by atoms with Crippen LogP contribution in [-0.2, 0) is 0 Å². The Kier molecular flexibility index (Phi) is 6.83. The molecule has 0 amide bonds. The number of aryl methyl sites for hydroxylation is 1. The Morgan fingerprint density at radius 2 is 2.00 bits per heavy atom. The molecule has 0 saturated heterocycles. The molecule has 0 bridgehead atoms. The first-order valence-corrected chi connectivity index (χ1v) is 7.27. The van der Waals surface area contributed by atoms with Gasteiger partial charge in [0.1, 0.15) is 0 Å². The van der Waals surface area contributed by atoms with Crippen LogP contribution in [0.1, 0.15) is 49.8 Å². The van der Waals surface area contributed by atoms with Crippen LogP contribution in [0, 0.1) is 6.92 Å². The Balaban J connectivity index is 2.69. The SMILES string of the molecule is CCCNC(CCCC(F)(F)F)c1ccc(C)c(Cl)c1. The summed E-state index contributed by atoms with van der Waals surface area (Å²) >= 11 is 6.09. The fraction of sp³-hybridized carbons (Fsp3) is 0.600. The summed E-state index contributed by atoms with van der Waals surface area (Å²) in [6, 6.07) is 5.61. The molecular formula is C15H21ClF3N. The maximum absolute atomic E-state index is 12.2. The van der Waals surface area contributed by atoms with Gasteiger partial charge in [0.05, 0.1) is 0 Å². The summed E-state index contributed by atoms with van der Waals surface area (Å²) in [5.74, 6) is 0. The van der Waals surface area contributed by atoms with E-state index >= 15 is 0 Å². The number of benzene rings is 1. The number of hydrogen-bond donors (Lipinski definition) is 1. The maximum atomic E-state index is 12.2. The van der Waals surface area contributed by atoms with E-state index in [-0.39, 0.29) is 12.5 Å². The first-order valence-electron chi connectivity index (χ1n) is 6.89. The topological polar surface area (TPSA) is 12.0 Å². The fourth-order valence-corrected chi connectivity index (χ4v) is 2.23. The largest absolute Gasteiger partial charge is 0.389 e. The van der Waals surface area contributed by atoms with Gasteiger partial charge in [-0.15, -0.1) is 0 Å². The Morgan fingerprint density at radius 1 is 1.30 bits per heavy atom. The van der Waals surface area contributed by atoms with E-state index in [2.05, 4.69) is 5.32 Å². The summed E-state index contributed by atoms with van der Waals surface area (Å²) in [6.45, 7) is 4.72. The van der Waals surface area contributed by atoms with Gasteiger partial charge in [-0.25, -0.2) is 0 Å². The van der Waals surface area contributed by atoms with E-state index < -0.39 is 12.6 Å². The molecule has 0 saturated carbocycles. The average molecular weight is 308 g/mol. The number of hydrogen-bond acceptors (Lipinski definition) is 1. The second-order valence-corrected chi connectivity index (χ2v) is 5.43. The molecule has 1 rings (SSSR count). The zero-order chi connectivity index (χ0) is 15.2.